The number of halogens is 1. The van der Waals surface area contributed by atoms with Crippen LogP contribution >= 0.6 is 12.4 Å². The van der Waals surface area contributed by atoms with Gasteiger partial charge in [0.1, 0.15) is 0 Å². The van der Waals surface area contributed by atoms with Gasteiger partial charge in [0.25, 0.3) is 0 Å². The molecule has 2 aliphatic carbocycles. The minimum atomic E-state index is 0. The maximum Gasteiger partial charge on any atom is 0.223 e. The van der Waals surface area contributed by atoms with E-state index in [1.807, 2.05) is 6.07 Å². The Bertz CT molecular complexity index is 493. The molecule has 1 amide bonds. The number of nitrogens with one attached hydrogen (secondary N) is 1. The summed E-state index contributed by atoms with van der Waals surface area (Å²) >= 11 is 0. The molecule has 2 fully saturated rings. The SMILES string of the molecule is CC(CNC(=O)C1CC2CCCC(C1)C2N)c1ccccc1.Cl. The predicted molar refractivity (Wildman–Crippen MR) is 96.6 cm³/mol. The van der Waals surface area contributed by atoms with Crippen LogP contribution in [-0.2, 0) is 4.79 Å². The highest BCUT2D eigenvalue weighted by Crippen LogP contribution is 2.41. The van der Waals surface area contributed by atoms with E-state index in [0.29, 0.717) is 23.8 Å². The van der Waals surface area contributed by atoms with Crippen molar-refractivity contribution in [2.75, 3.05) is 6.54 Å². The van der Waals surface area contributed by atoms with Gasteiger partial charge in [0.05, 0.1) is 0 Å². The van der Waals surface area contributed by atoms with Crippen molar-refractivity contribution in [2.45, 2.75) is 51.0 Å². The van der Waals surface area contributed by atoms with Gasteiger partial charge in [-0.25, -0.2) is 0 Å². The Labute approximate surface area is 145 Å². The molecule has 2 aliphatic rings. The van der Waals surface area contributed by atoms with Gasteiger partial charge in [0.15, 0.2) is 0 Å². The van der Waals surface area contributed by atoms with Gasteiger partial charge in [-0.15, -0.1) is 12.4 Å². The Morgan fingerprint density at radius 1 is 1.22 bits per heavy atom. The molecule has 23 heavy (non-hydrogen) atoms. The van der Waals surface area contributed by atoms with Gasteiger partial charge in [-0.05, 0) is 49.0 Å². The summed E-state index contributed by atoms with van der Waals surface area (Å²) in [4.78, 5) is 12.5. The average molecular weight is 337 g/mol. The van der Waals surface area contributed by atoms with Crippen LogP contribution < -0.4 is 11.1 Å². The van der Waals surface area contributed by atoms with Crippen molar-refractivity contribution >= 4 is 18.3 Å². The number of hydrogen-bond acceptors (Lipinski definition) is 2. The van der Waals surface area contributed by atoms with Crippen LogP contribution in [0.25, 0.3) is 0 Å². The third kappa shape index (κ3) is 4.27. The fourth-order valence-electron chi connectivity index (χ4n) is 4.30. The van der Waals surface area contributed by atoms with Gasteiger partial charge < -0.3 is 11.1 Å². The quantitative estimate of drug-likeness (QED) is 0.884. The van der Waals surface area contributed by atoms with E-state index in [2.05, 4.69) is 36.5 Å². The van der Waals surface area contributed by atoms with Crippen molar-refractivity contribution in [3.05, 3.63) is 35.9 Å². The molecule has 3 rings (SSSR count). The van der Waals surface area contributed by atoms with Crippen molar-refractivity contribution in [1.29, 1.82) is 0 Å². The summed E-state index contributed by atoms with van der Waals surface area (Å²) in [7, 11) is 0. The van der Waals surface area contributed by atoms with Crippen LogP contribution in [0, 0.1) is 17.8 Å². The van der Waals surface area contributed by atoms with E-state index in [9.17, 15) is 4.79 Å². The zero-order valence-electron chi connectivity index (χ0n) is 13.9. The number of hydrogen-bond donors (Lipinski definition) is 2. The number of carbonyl (C=O) groups is 1. The van der Waals surface area contributed by atoms with Crippen molar-refractivity contribution in [1.82, 2.24) is 5.32 Å². The van der Waals surface area contributed by atoms with Gasteiger partial charge in [0.2, 0.25) is 5.91 Å². The average Bonchev–Trinajstić information content (AvgIpc) is 2.53. The first-order valence-corrected chi connectivity index (χ1v) is 8.73. The number of rotatable bonds is 4. The minimum absolute atomic E-state index is 0. The summed E-state index contributed by atoms with van der Waals surface area (Å²) in [5, 5.41) is 3.18. The maximum atomic E-state index is 12.5. The Morgan fingerprint density at radius 3 is 2.43 bits per heavy atom. The molecular formula is C19H29ClN2O. The second-order valence-corrected chi connectivity index (χ2v) is 7.25. The molecule has 1 aromatic rings. The Morgan fingerprint density at radius 2 is 1.83 bits per heavy atom. The molecule has 0 heterocycles. The summed E-state index contributed by atoms with van der Waals surface area (Å²) in [6.07, 6.45) is 5.69. The molecule has 128 valence electrons. The van der Waals surface area contributed by atoms with Crippen LogP contribution in [0.5, 0.6) is 0 Å². The zero-order valence-corrected chi connectivity index (χ0v) is 14.7. The first-order valence-electron chi connectivity index (χ1n) is 8.73. The monoisotopic (exact) mass is 336 g/mol. The highest BCUT2D eigenvalue weighted by atomic mass is 35.5. The highest BCUT2D eigenvalue weighted by molar-refractivity contribution is 5.85. The van der Waals surface area contributed by atoms with Gasteiger partial charge >= 0.3 is 0 Å². The fraction of sp³-hybridized carbons (Fsp3) is 0.632. The Hall–Kier alpha value is -1.06. The van der Waals surface area contributed by atoms with Crippen molar-refractivity contribution in [3.8, 4) is 0 Å². The van der Waals surface area contributed by atoms with Crippen LogP contribution in [0.3, 0.4) is 0 Å². The molecule has 0 aliphatic heterocycles. The van der Waals surface area contributed by atoms with Crippen LogP contribution in [0.15, 0.2) is 30.3 Å². The third-order valence-corrected chi connectivity index (χ3v) is 5.73. The van der Waals surface area contributed by atoms with Gasteiger partial charge in [-0.1, -0.05) is 43.7 Å². The number of nitrogens with two attached hydrogens (primary N) is 1. The molecule has 1 aromatic carbocycles. The lowest BCUT2D eigenvalue weighted by Gasteiger charge is -2.43. The van der Waals surface area contributed by atoms with Crippen LogP contribution in [0.2, 0.25) is 0 Å². The Kier molecular flexibility index (Phi) is 6.49. The maximum absolute atomic E-state index is 12.5. The standard InChI is InChI=1S/C19H28N2O.ClH/c1-13(14-6-3-2-4-7-14)12-21-19(22)17-10-15-8-5-9-16(11-17)18(15)20;/h2-4,6-7,13,15-18H,5,8-12,20H2,1H3,(H,21,22);1H. The minimum Gasteiger partial charge on any atom is -0.355 e. The molecule has 3 nitrogen and oxygen atoms in total. The summed E-state index contributed by atoms with van der Waals surface area (Å²) < 4.78 is 0. The van der Waals surface area contributed by atoms with Crippen molar-refractivity contribution in [2.24, 2.45) is 23.5 Å². The number of amides is 1. The van der Waals surface area contributed by atoms with Gasteiger partial charge in [-0.3, -0.25) is 4.79 Å². The van der Waals surface area contributed by atoms with Crippen molar-refractivity contribution in [3.63, 3.8) is 0 Å². The lowest BCUT2D eigenvalue weighted by molar-refractivity contribution is -0.127. The van der Waals surface area contributed by atoms with E-state index in [-0.39, 0.29) is 24.2 Å². The van der Waals surface area contributed by atoms with Gasteiger partial charge in [0, 0.05) is 18.5 Å². The molecular weight excluding hydrogens is 308 g/mol. The molecule has 3 N–H and O–H groups in total. The first kappa shape index (κ1) is 18.3. The van der Waals surface area contributed by atoms with E-state index in [4.69, 9.17) is 5.73 Å². The summed E-state index contributed by atoms with van der Waals surface area (Å²) in [5.74, 6) is 1.91. The summed E-state index contributed by atoms with van der Waals surface area (Å²) in [5.41, 5.74) is 7.60. The normalized spacial score (nSPS) is 30.9. The van der Waals surface area contributed by atoms with Crippen LogP contribution in [0.4, 0.5) is 0 Å². The molecule has 2 saturated carbocycles. The largest absolute Gasteiger partial charge is 0.355 e. The third-order valence-electron chi connectivity index (χ3n) is 5.73. The zero-order chi connectivity index (χ0) is 15.5. The van der Waals surface area contributed by atoms with E-state index in [1.54, 1.807) is 0 Å². The molecule has 0 aromatic heterocycles. The van der Waals surface area contributed by atoms with Crippen LogP contribution in [0.1, 0.15) is 50.5 Å². The lowest BCUT2D eigenvalue weighted by Crippen LogP contribution is -2.49. The summed E-state index contributed by atoms with van der Waals surface area (Å²) in [6.45, 7) is 2.89. The van der Waals surface area contributed by atoms with E-state index < -0.39 is 0 Å². The lowest BCUT2D eigenvalue weighted by atomic mass is 9.65. The Balaban J connectivity index is 0.00000192. The predicted octanol–water partition coefficient (Wildman–Crippen LogP) is 3.48. The summed E-state index contributed by atoms with van der Waals surface area (Å²) in [6, 6.07) is 10.7. The van der Waals surface area contributed by atoms with Gasteiger partial charge in [-0.2, -0.15) is 0 Å². The topological polar surface area (TPSA) is 55.1 Å². The molecule has 3 unspecified atom stereocenters. The fourth-order valence-corrected chi connectivity index (χ4v) is 4.30. The van der Waals surface area contributed by atoms with Crippen molar-refractivity contribution < 1.29 is 4.79 Å². The van der Waals surface area contributed by atoms with E-state index in [0.717, 1.165) is 19.4 Å². The molecule has 2 bridgehead atoms. The number of benzene rings is 1. The molecule has 0 radical (unpaired) electrons. The molecule has 4 heteroatoms. The second-order valence-electron chi connectivity index (χ2n) is 7.25. The molecule has 0 saturated heterocycles. The van der Waals surface area contributed by atoms with E-state index in [1.165, 1.54) is 24.8 Å². The second kappa shape index (κ2) is 8.16. The van der Waals surface area contributed by atoms with Crippen LogP contribution in [-0.4, -0.2) is 18.5 Å². The number of carbonyl (C=O) groups excluding carboxylic acids is 1. The molecule has 3 atom stereocenters. The number of fused-ring (bicyclic) bond motifs is 2. The smallest absolute Gasteiger partial charge is 0.223 e. The molecule has 0 spiro atoms. The highest BCUT2D eigenvalue weighted by Gasteiger charge is 2.40. The van der Waals surface area contributed by atoms with E-state index >= 15 is 0 Å². The first-order chi connectivity index (χ1) is 10.6.